The number of nitrogens with one attached hydrogen (secondary N) is 1. The van der Waals surface area contributed by atoms with Crippen LogP contribution in [0.3, 0.4) is 0 Å². The van der Waals surface area contributed by atoms with Crippen molar-refractivity contribution in [1.29, 1.82) is 0 Å². The molecule has 0 radical (unpaired) electrons. The van der Waals surface area contributed by atoms with Crippen molar-refractivity contribution in [3.63, 3.8) is 0 Å². The average Bonchev–Trinajstić information content (AvgIpc) is 2.46. The highest BCUT2D eigenvalue weighted by molar-refractivity contribution is 5.93. The maximum absolute atomic E-state index is 11.7. The molecule has 0 spiro atoms. The lowest BCUT2D eigenvalue weighted by atomic mass is 10.2. The summed E-state index contributed by atoms with van der Waals surface area (Å²) in [5.41, 5.74) is 0.536. The van der Waals surface area contributed by atoms with Gasteiger partial charge in [0.15, 0.2) is 0 Å². The van der Waals surface area contributed by atoms with Gasteiger partial charge in [0.25, 0.3) is 5.91 Å². The van der Waals surface area contributed by atoms with Crippen molar-refractivity contribution in [2.24, 2.45) is 0 Å². The first-order valence-corrected chi connectivity index (χ1v) is 6.26. The van der Waals surface area contributed by atoms with Gasteiger partial charge in [-0.05, 0) is 24.6 Å². The third-order valence-corrected chi connectivity index (χ3v) is 2.50. The lowest BCUT2D eigenvalue weighted by Crippen LogP contribution is -2.23. The van der Waals surface area contributed by atoms with Crippen LogP contribution in [0.25, 0.3) is 0 Å². The molecule has 2 rings (SSSR count). The van der Waals surface area contributed by atoms with E-state index in [1.807, 2.05) is 37.3 Å². The number of benzene rings is 1. The van der Waals surface area contributed by atoms with Crippen molar-refractivity contribution in [1.82, 2.24) is 10.3 Å². The van der Waals surface area contributed by atoms with Gasteiger partial charge in [-0.15, -0.1) is 0 Å². The number of hydrogen-bond donors (Lipinski definition) is 1. The van der Waals surface area contributed by atoms with E-state index < -0.39 is 0 Å². The molecule has 0 saturated heterocycles. The van der Waals surface area contributed by atoms with E-state index in [4.69, 9.17) is 4.74 Å². The Bertz CT molecular complexity index is 524. The molecule has 4 nitrogen and oxygen atoms in total. The molecular formula is C15H16N2O2. The summed E-state index contributed by atoms with van der Waals surface area (Å²) in [6.45, 7) is 2.68. The minimum atomic E-state index is -0.111. The molecule has 0 unspecified atom stereocenters. The zero-order chi connectivity index (χ0) is 13.5. The molecule has 1 heterocycles. The van der Waals surface area contributed by atoms with Crippen LogP contribution in [0.2, 0.25) is 0 Å². The summed E-state index contributed by atoms with van der Waals surface area (Å²) in [6.07, 6.45) is 2.43. The smallest absolute Gasteiger partial charge is 0.252 e. The lowest BCUT2D eigenvalue weighted by Gasteiger charge is -2.06. The first-order valence-electron chi connectivity index (χ1n) is 6.26. The van der Waals surface area contributed by atoms with Crippen molar-refractivity contribution in [3.8, 4) is 11.6 Å². The Morgan fingerprint density at radius 1 is 1.21 bits per heavy atom. The first-order chi connectivity index (χ1) is 9.29. The molecule has 0 bridgehead atoms. The normalized spacial score (nSPS) is 9.95. The van der Waals surface area contributed by atoms with Crippen molar-refractivity contribution in [2.45, 2.75) is 13.3 Å². The lowest BCUT2D eigenvalue weighted by molar-refractivity contribution is 0.0953. The minimum Gasteiger partial charge on any atom is -0.439 e. The van der Waals surface area contributed by atoms with Crippen LogP contribution < -0.4 is 10.1 Å². The largest absolute Gasteiger partial charge is 0.439 e. The molecule has 98 valence electrons. The maximum atomic E-state index is 11.7. The topological polar surface area (TPSA) is 51.2 Å². The highest BCUT2D eigenvalue weighted by Crippen LogP contribution is 2.18. The van der Waals surface area contributed by atoms with E-state index in [1.54, 1.807) is 12.1 Å². The molecule has 0 saturated carbocycles. The first kappa shape index (κ1) is 13.1. The Morgan fingerprint density at radius 2 is 2.00 bits per heavy atom. The Labute approximate surface area is 112 Å². The standard InChI is InChI=1S/C15H16N2O2/c1-2-10-16-15(18)12-8-9-14(17-11-12)19-13-6-4-3-5-7-13/h3-9,11H,2,10H2,1H3,(H,16,18). The Morgan fingerprint density at radius 3 is 2.63 bits per heavy atom. The number of carbonyl (C=O) groups excluding carboxylic acids is 1. The summed E-state index contributed by atoms with van der Waals surface area (Å²) >= 11 is 0. The molecular weight excluding hydrogens is 240 g/mol. The van der Waals surface area contributed by atoms with E-state index in [0.717, 1.165) is 12.2 Å². The molecule has 0 aliphatic carbocycles. The molecule has 1 N–H and O–H groups in total. The van der Waals surface area contributed by atoms with Gasteiger partial charge in [-0.2, -0.15) is 0 Å². The minimum absolute atomic E-state index is 0.111. The second-order valence-electron chi connectivity index (χ2n) is 4.06. The Kier molecular flexibility index (Phi) is 4.50. The van der Waals surface area contributed by atoms with Crippen LogP contribution in [0.5, 0.6) is 11.6 Å². The second kappa shape index (κ2) is 6.54. The van der Waals surface area contributed by atoms with Gasteiger partial charge < -0.3 is 10.1 Å². The molecule has 19 heavy (non-hydrogen) atoms. The fourth-order valence-electron chi connectivity index (χ4n) is 1.52. The molecule has 0 aliphatic heterocycles. The van der Waals surface area contributed by atoms with Gasteiger partial charge in [0.1, 0.15) is 5.75 Å². The summed E-state index contributed by atoms with van der Waals surface area (Å²) in [5.74, 6) is 1.08. The van der Waals surface area contributed by atoms with Crippen LogP contribution in [0.15, 0.2) is 48.7 Å². The molecule has 0 atom stereocenters. The number of aromatic nitrogens is 1. The third kappa shape index (κ3) is 3.81. The van der Waals surface area contributed by atoms with Crippen molar-refractivity contribution >= 4 is 5.91 Å². The number of rotatable bonds is 5. The predicted molar refractivity (Wildman–Crippen MR) is 73.4 cm³/mol. The van der Waals surface area contributed by atoms with Crippen molar-refractivity contribution < 1.29 is 9.53 Å². The van der Waals surface area contributed by atoms with E-state index in [-0.39, 0.29) is 5.91 Å². The van der Waals surface area contributed by atoms with Gasteiger partial charge in [-0.1, -0.05) is 25.1 Å². The number of amides is 1. The third-order valence-electron chi connectivity index (χ3n) is 2.50. The van der Waals surface area contributed by atoms with Crippen LogP contribution in [-0.2, 0) is 0 Å². The van der Waals surface area contributed by atoms with E-state index in [1.165, 1.54) is 6.20 Å². The molecule has 1 amide bonds. The SMILES string of the molecule is CCCNC(=O)c1ccc(Oc2ccccc2)nc1. The molecule has 0 aliphatic rings. The predicted octanol–water partition coefficient (Wildman–Crippen LogP) is 3.01. The summed E-state index contributed by atoms with van der Waals surface area (Å²) in [6, 6.07) is 12.8. The average molecular weight is 256 g/mol. The van der Waals surface area contributed by atoms with Gasteiger partial charge in [-0.25, -0.2) is 4.98 Å². The van der Waals surface area contributed by atoms with Crippen LogP contribution >= 0.6 is 0 Å². The quantitative estimate of drug-likeness (QED) is 0.894. The number of carbonyl (C=O) groups is 1. The zero-order valence-electron chi connectivity index (χ0n) is 10.8. The second-order valence-corrected chi connectivity index (χ2v) is 4.06. The van der Waals surface area contributed by atoms with Gasteiger partial charge in [0, 0.05) is 18.8 Å². The summed E-state index contributed by atoms with van der Waals surface area (Å²) in [4.78, 5) is 15.8. The molecule has 4 heteroatoms. The number of pyridine rings is 1. The van der Waals surface area contributed by atoms with Crippen LogP contribution in [0.1, 0.15) is 23.7 Å². The van der Waals surface area contributed by atoms with E-state index >= 15 is 0 Å². The number of hydrogen-bond acceptors (Lipinski definition) is 3. The molecule has 1 aromatic heterocycles. The Hall–Kier alpha value is -2.36. The fourth-order valence-corrected chi connectivity index (χ4v) is 1.52. The molecule has 0 fully saturated rings. The summed E-state index contributed by atoms with van der Waals surface area (Å²) < 4.78 is 5.55. The number of para-hydroxylation sites is 1. The Balaban J connectivity index is 2.00. The van der Waals surface area contributed by atoms with Crippen molar-refractivity contribution in [3.05, 3.63) is 54.2 Å². The van der Waals surface area contributed by atoms with E-state index in [0.29, 0.717) is 18.0 Å². The van der Waals surface area contributed by atoms with Gasteiger partial charge in [-0.3, -0.25) is 4.79 Å². The summed E-state index contributed by atoms with van der Waals surface area (Å²) in [7, 11) is 0. The van der Waals surface area contributed by atoms with Gasteiger partial charge in [0.05, 0.1) is 5.56 Å². The van der Waals surface area contributed by atoms with Crippen LogP contribution in [0, 0.1) is 0 Å². The highest BCUT2D eigenvalue weighted by atomic mass is 16.5. The molecule has 1 aromatic carbocycles. The molecule has 2 aromatic rings. The van der Waals surface area contributed by atoms with Gasteiger partial charge in [0.2, 0.25) is 5.88 Å². The number of nitrogens with zero attached hydrogens (tertiary/aromatic N) is 1. The van der Waals surface area contributed by atoms with E-state index in [9.17, 15) is 4.79 Å². The van der Waals surface area contributed by atoms with Crippen LogP contribution in [0.4, 0.5) is 0 Å². The number of ether oxygens (including phenoxy) is 1. The monoisotopic (exact) mass is 256 g/mol. The highest BCUT2D eigenvalue weighted by Gasteiger charge is 2.05. The zero-order valence-corrected chi connectivity index (χ0v) is 10.8. The summed E-state index contributed by atoms with van der Waals surface area (Å²) in [5, 5.41) is 2.80. The van der Waals surface area contributed by atoms with Gasteiger partial charge >= 0.3 is 0 Å². The van der Waals surface area contributed by atoms with Crippen LogP contribution in [-0.4, -0.2) is 17.4 Å². The maximum Gasteiger partial charge on any atom is 0.252 e. The van der Waals surface area contributed by atoms with Crippen molar-refractivity contribution in [2.75, 3.05) is 6.54 Å². The van der Waals surface area contributed by atoms with E-state index in [2.05, 4.69) is 10.3 Å². The fraction of sp³-hybridized carbons (Fsp3) is 0.200.